The number of allylic oxidation sites excluding steroid dienone is 2. The summed E-state index contributed by atoms with van der Waals surface area (Å²) in [4.78, 5) is 25.6. The zero-order chi connectivity index (χ0) is 22.4. The third kappa shape index (κ3) is 5.63. The van der Waals surface area contributed by atoms with Crippen molar-refractivity contribution in [3.8, 4) is 0 Å². The molecule has 3 aromatic rings. The fourth-order valence-corrected chi connectivity index (χ4v) is 2.92. The minimum Gasteiger partial charge on any atom is -0.294 e. The summed E-state index contributed by atoms with van der Waals surface area (Å²) >= 11 is 0. The summed E-state index contributed by atoms with van der Waals surface area (Å²) in [7, 11) is 0. The molecular formula is C25H16F4O2. The van der Waals surface area contributed by atoms with Crippen molar-refractivity contribution < 1.29 is 27.2 Å². The van der Waals surface area contributed by atoms with E-state index < -0.39 is 40.8 Å². The summed E-state index contributed by atoms with van der Waals surface area (Å²) in [5, 5.41) is 0. The zero-order valence-electron chi connectivity index (χ0n) is 16.1. The van der Waals surface area contributed by atoms with E-state index in [0.29, 0.717) is 17.7 Å². The van der Waals surface area contributed by atoms with Crippen molar-refractivity contribution in [1.29, 1.82) is 0 Å². The molecule has 0 N–H and O–H groups in total. The Morgan fingerprint density at radius 2 is 1.10 bits per heavy atom. The topological polar surface area (TPSA) is 34.1 Å². The number of benzene rings is 3. The number of rotatable bonds is 7. The zero-order valence-corrected chi connectivity index (χ0v) is 16.1. The number of carbonyl (C=O) groups excluding carboxylic acids is 2. The first-order valence-electron chi connectivity index (χ1n) is 9.24. The Morgan fingerprint density at radius 3 is 1.52 bits per heavy atom. The number of hydrogen-bond donors (Lipinski definition) is 0. The van der Waals surface area contributed by atoms with Crippen LogP contribution in [0.2, 0.25) is 0 Å². The van der Waals surface area contributed by atoms with Crippen LogP contribution in [0.5, 0.6) is 0 Å². The van der Waals surface area contributed by atoms with Gasteiger partial charge in [-0.1, -0.05) is 30.3 Å². The van der Waals surface area contributed by atoms with E-state index in [-0.39, 0.29) is 11.1 Å². The standard InChI is InChI=1S/C25H16F4O2/c26-19-10-6-16(21(28)14-19)8-12-23(30)25(18-4-2-1-3-5-18)24(31)13-9-17-7-11-20(27)15-22(17)29/h1-15,25H/b12-8+,13-9+. The quantitative estimate of drug-likeness (QED) is 0.269. The van der Waals surface area contributed by atoms with Crippen LogP contribution in [-0.4, -0.2) is 11.6 Å². The van der Waals surface area contributed by atoms with Gasteiger partial charge < -0.3 is 0 Å². The van der Waals surface area contributed by atoms with Crippen LogP contribution < -0.4 is 0 Å². The number of hydrogen-bond acceptors (Lipinski definition) is 2. The molecule has 156 valence electrons. The molecule has 0 aliphatic rings. The highest BCUT2D eigenvalue weighted by molar-refractivity contribution is 6.17. The molecule has 0 radical (unpaired) electrons. The lowest BCUT2D eigenvalue weighted by Gasteiger charge is -2.11. The Balaban J connectivity index is 1.89. The smallest absolute Gasteiger partial charge is 0.170 e. The Kier molecular flexibility index (Phi) is 6.92. The first-order chi connectivity index (χ1) is 14.8. The molecule has 31 heavy (non-hydrogen) atoms. The number of carbonyl (C=O) groups is 2. The van der Waals surface area contributed by atoms with E-state index in [1.165, 1.54) is 12.1 Å². The highest BCUT2D eigenvalue weighted by Crippen LogP contribution is 2.22. The van der Waals surface area contributed by atoms with Crippen molar-refractivity contribution >= 4 is 23.7 Å². The first kappa shape index (κ1) is 21.9. The van der Waals surface area contributed by atoms with Gasteiger partial charge in [0, 0.05) is 23.3 Å². The van der Waals surface area contributed by atoms with Crippen LogP contribution in [-0.2, 0) is 9.59 Å². The van der Waals surface area contributed by atoms with Crippen LogP contribution in [0.25, 0.3) is 12.2 Å². The molecule has 0 heterocycles. The van der Waals surface area contributed by atoms with E-state index in [4.69, 9.17) is 0 Å². The molecule has 0 atom stereocenters. The molecule has 6 heteroatoms. The van der Waals surface area contributed by atoms with Crippen molar-refractivity contribution in [3.05, 3.63) is 119 Å². The Bertz CT molecular complexity index is 1090. The van der Waals surface area contributed by atoms with Crippen LogP contribution in [0.1, 0.15) is 22.6 Å². The summed E-state index contributed by atoms with van der Waals surface area (Å²) in [6.45, 7) is 0. The minimum atomic E-state index is -1.25. The fraction of sp³-hybridized carbons (Fsp3) is 0.0400. The first-order valence-corrected chi connectivity index (χ1v) is 9.24. The summed E-state index contributed by atoms with van der Waals surface area (Å²) in [5.41, 5.74) is 0.363. The fourth-order valence-electron chi connectivity index (χ4n) is 2.92. The molecule has 0 saturated carbocycles. The largest absolute Gasteiger partial charge is 0.294 e. The summed E-state index contributed by atoms with van der Waals surface area (Å²) in [5.74, 6) is -5.72. The van der Waals surface area contributed by atoms with Crippen molar-refractivity contribution in [2.75, 3.05) is 0 Å². The Hall–Kier alpha value is -3.80. The monoisotopic (exact) mass is 424 g/mol. The van der Waals surface area contributed by atoms with Gasteiger partial charge >= 0.3 is 0 Å². The molecule has 0 unspecified atom stereocenters. The maximum absolute atomic E-state index is 13.8. The molecule has 0 spiro atoms. The molecule has 0 saturated heterocycles. The molecule has 3 aromatic carbocycles. The SMILES string of the molecule is O=C(/C=C/c1ccc(F)cc1F)C(C(=O)/C=C/c1ccc(F)cc1F)c1ccccc1. The average Bonchev–Trinajstić information content (AvgIpc) is 2.73. The molecule has 0 amide bonds. The van der Waals surface area contributed by atoms with Gasteiger partial charge in [0.05, 0.1) is 0 Å². The van der Waals surface area contributed by atoms with Gasteiger partial charge in [-0.15, -0.1) is 0 Å². The third-order valence-electron chi connectivity index (χ3n) is 4.48. The van der Waals surface area contributed by atoms with Gasteiger partial charge in [0.25, 0.3) is 0 Å². The van der Waals surface area contributed by atoms with Crippen LogP contribution in [0.4, 0.5) is 17.6 Å². The number of ketones is 2. The summed E-state index contributed by atoms with van der Waals surface area (Å²) in [6, 6.07) is 14.0. The second kappa shape index (κ2) is 9.80. The second-order valence-corrected chi connectivity index (χ2v) is 6.65. The lowest BCUT2D eigenvalue weighted by atomic mass is 9.89. The van der Waals surface area contributed by atoms with Gasteiger partial charge in [0.1, 0.15) is 29.2 Å². The van der Waals surface area contributed by atoms with Crippen LogP contribution in [0, 0.1) is 23.3 Å². The summed E-state index contributed by atoms with van der Waals surface area (Å²) in [6.07, 6.45) is 4.39. The summed E-state index contributed by atoms with van der Waals surface area (Å²) < 4.78 is 53.7. The maximum Gasteiger partial charge on any atom is 0.170 e. The maximum atomic E-state index is 13.8. The van der Waals surface area contributed by atoms with E-state index in [9.17, 15) is 27.2 Å². The van der Waals surface area contributed by atoms with E-state index in [0.717, 1.165) is 36.4 Å². The highest BCUT2D eigenvalue weighted by Gasteiger charge is 2.24. The predicted octanol–water partition coefficient (Wildman–Crippen LogP) is 5.89. The Morgan fingerprint density at radius 1 is 0.645 bits per heavy atom. The van der Waals surface area contributed by atoms with Crippen molar-refractivity contribution in [3.63, 3.8) is 0 Å². The van der Waals surface area contributed by atoms with Gasteiger partial charge in [-0.25, -0.2) is 17.6 Å². The molecule has 0 aromatic heterocycles. The lowest BCUT2D eigenvalue weighted by Crippen LogP contribution is -2.19. The van der Waals surface area contributed by atoms with Gasteiger partial charge in [0.2, 0.25) is 0 Å². The molecule has 0 aliphatic carbocycles. The van der Waals surface area contributed by atoms with Gasteiger partial charge in [-0.05, 0) is 54.1 Å². The van der Waals surface area contributed by atoms with E-state index >= 15 is 0 Å². The third-order valence-corrected chi connectivity index (χ3v) is 4.48. The highest BCUT2D eigenvalue weighted by atomic mass is 19.1. The number of halogens is 4. The van der Waals surface area contributed by atoms with Crippen molar-refractivity contribution in [2.45, 2.75) is 5.92 Å². The van der Waals surface area contributed by atoms with Crippen LogP contribution >= 0.6 is 0 Å². The predicted molar refractivity (Wildman–Crippen MR) is 110 cm³/mol. The van der Waals surface area contributed by atoms with Crippen molar-refractivity contribution in [2.24, 2.45) is 0 Å². The van der Waals surface area contributed by atoms with Crippen molar-refractivity contribution in [1.82, 2.24) is 0 Å². The molecule has 2 nitrogen and oxygen atoms in total. The minimum absolute atomic E-state index is 0.0158. The van der Waals surface area contributed by atoms with E-state index in [1.54, 1.807) is 30.3 Å². The van der Waals surface area contributed by atoms with Gasteiger partial charge in [0.15, 0.2) is 11.6 Å². The molecule has 0 bridgehead atoms. The molecule has 0 fully saturated rings. The molecule has 3 rings (SSSR count). The Labute approximate surface area is 176 Å². The van der Waals surface area contributed by atoms with E-state index in [1.807, 2.05) is 0 Å². The average molecular weight is 424 g/mol. The second-order valence-electron chi connectivity index (χ2n) is 6.65. The van der Waals surface area contributed by atoms with Crippen LogP contribution in [0.15, 0.2) is 78.9 Å². The normalized spacial score (nSPS) is 11.5. The van der Waals surface area contributed by atoms with Gasteiger partial charge in [-0.3, -0.25) is 9.59 Å². The lowest BCUT2D eigenvalue weighted by molar-refractivity contribution is -0.124. The molecular weight excluding hydrogens is 408 g/mol. The van der Waals surface area contributed by atoms with Crippen LogP contribution in [0.3, 0.4) is 0 Å². The van der Waals surface area contributed by atoms with E-state index in [2.05, 4.69) is 0 Å². The molecule has 0 aliphatic heterocycles. The van der Waals surface area contributed by atoms with Gasteiger partial charge in [-0.2, -0.15) is 0 Å².